The number of benzene rings is 1. The maximum atomic E-state index is 9.69. The predicted octanol–water partition coefficient (Wildman–Crippen LogP) is 1.35. The van der Waals surface area contributed by atoms with E-state index in [-0.39, 0.29) is 6.04 Å². The summed E-state index contributed by atoms with van der Waals surface area (Å²) >= 11 is 0. The highest BCUT2D eigenvalue weighted by atomic mass is 16.5. The van der Waals surface area contributed by atoms with E-state index in [0.717, 1.165) is 17.1 Å². The van der Waals surface area contributed by atoms with E-state index < -0.39 is 6.10 Å². The van der Waals surface area contributed by atoms with Crippen molar-refractivity contribution >= 4 is 0 Å². The van der Waals surface area contributed by atoms with Crippen LogP contribution in [0.1, 0.15) is 18.5 Å². The first-order valence-electron chi connectivity index (χ1n) is 5.21. The van der Waals surface area contributed by atoms with E-state index in [2.05, 4.69) is 5.32 Å². The Kier molecular flexibility index (Phi) is 4.58. The molecule has 90 valence electrons. The first-order chi connectivity index (χ1) is 7.63. The van der Waals surface area contributed by atoms with E-state index in [1.807, 2.05) is 18.2 Å². The van der Waals surface area contributed by atoms with Crippen molar-refractivity contribution in [3.63, 3.8) is 0 Å². The molecule has 2 unspecified atom stereocenters. The van der Waals surface area contributed by atoms with E-state index in [4.69, 9.17) is 9.47 Å². The van der Waals surface area contributed by atoms with Crippen LogP contribution in [0.5, 0.6) is 11.5 Å². The quantitative estimate of drug-likeness (QED) is 0.794. The van der Waals surface area contributed by atoms with E-state index in [9.17, 15) is 5.11 Å². The fraction of sp³-hybridized carbons (Fsp3) is 0.500. The zero-order valence-corrected chi connectivity index (χ0v) is 10.2. The highest BCUT2D eigenvalue weighted by Crippen LogP contribution is 2.30. The molecule has 0 aliphatic rings. The molecule has 0 aliphatic carbocycles. The largest absolute Gasteiger partial charge is 0.497 e. The fourth-order valence-electron chi connectivity index (χ4n) is 1.74. The lowest BCUT2D eigenvalue weighted by atomic mass is 10.0. The summed E-state index contributed by atoms with van der Waals surface area (Å²) in [6.45, 7) is 1.74. The number of likely N-dealkylation sites (N-methyl/N-ethyl adjacent to an activating group) is 1. The molecule has 0 spiro atoms. The Hall–Kier alpha value is -1.26. The van der Waals surface area contributed by atoms with Gasteiger partial charge in [-0.25, -0.2) is 0 Å². The third kappa shape index (κ3) is 2.65. The fourth-order valence-corrected chi connectivity index (χ4v) is 1.74. The topological polar surface area (TPSA) is 50.7 Å². The summed E-state index contributed by atoms with van der Waals surface area (Å²) in [4.78, 5) is 0. The molecule has 2 N–H and O–H groups in total. The van der Waals surface area contributed by atoms with Crippen LogP contribution >= 0.6 is 0 Å². The van der Waals surface area contributed by atoms with Crippen LogP contribution in [0.15, 0.2) is 18.2 Å². The van der Waals surface area contributed by atoms with Gasteiger partial charge < -0.3 is 19.9 Å². The number of methoxy groups -OCH3 is 2. The van der Waals surface area contributed by atoms with Gasteiger partial charge in [0, 0.05) is 5.56 Å². The summed E-state index contributed by atoms with van der Waals surface area (Å²) in [5, 5.41) is 12.7. The molecule has 0 amide bonds. The summed E-state index contributed by atoms with van der Waals surface area (Å²) < 4.78 is 10.4. The summed E-state index contributed by atoms with van der Waals surface area (Å²) in [5.41, 5.74) is 0.888. The highest BCUT2D eigenvalue weighted by Gasteiger charge is 2.19. The van der Waals surface area contributed by atoms with Gasteiger partial charge in [0.15, 0.2) is 0 Å². The van der Waals surface area contributed by atoms with Crippen LogP contribution in [0.4, 0.5) is 0 Å². The second-order valence-electron chi connectivity index (χ2n) is 3.61. The molecular formula is C12H19NO3. The summed E-state index contributed by atoms with van der Waals surface area (Å²) in [6, 6.07) is 5.36. The molecule has 0 bridgehead atoms. The van der Waals surface area contributed by atoms with Crippen molar-refractivity contribution < 1.29 is 14.6 Å². The molecule has 0 aliphatic heterocycles. The Morgan fingerprint density at radius 1 is 1.25 bits per heavy atom. The van der Waals surface area contributed by atoms with Crippen molar-refractivity contribution in [2.45, 2.75) is 19.1 Å². The number of hydrogen-bond donors (Lipinski definition) is 2. The smallest absolute Gasteiger partial charge is 0.124 e. The molecule has 1 rings (SSSR count). The van der Waals surface area contributed by atoms with Crippen LogP contribution in [-0.4, -0.2) is 32.5 Å². The van der Waals surface area contributed by atoms with Gasteiger partial charge in [-0.15, -0.1) is 0 Å². The van der Waals surface area contributed by atoms with Crippen LogP contribution < -0.4 is 14.8 Å². The van der Waals surface area contributed by atoms with Gasteiger partial charge in [0.2, 0.25) is 0 Å². The lowest BCUT2D eigenvalue weighted by Crippen LogP contribution is -2.27. The van der Waals surface area contributed by atoms with Crippen LogP contribution in [0.25, 0.3) is 0 Å². The molecule has 1 aromatic carbocycles. The SMILES string of the molecule is CNC(c1cc(OC)ccc1OC)C(C)O. The molecule has 16 heavy (non-hydrogen) atoms. The van der Waals surface area contributed by atoms with Gasteiger partial charge in [-0.1, -0.05) is 0 Å². The molecule has 0 radical (unpaired) electrons. The van der Waals surface area contributed by atoms with Gasteiger partial charge in [0.05, 0.1) is 26.4 Å². The van der Waals surface area contributed by atoms with Crippen molar-refractivity contribution in [3.05, 3.63) is 23.8 Å². The van der Waals surface area contributed by atoms with Crippen molar-refractivity contribution in [2.75, 3.05) is 21.3 Å². The van der Waals surface area contributed by atoms with Gasteiger partial charge >= 0.3 is 0 Å². The molecule has 1 aromatic rings. The Labute approximate surface area is 96.2 Å². The second-order valence-corrected chi connectivity index (χ2v) is 3.61. The maximum Gasteiger partial charge on any atom is 0.124 e. The average molecular weight is 225 g/mol. The summed E-state index contributed by atoms with van der Waals surface area (Å²) in [7, 11) is 5.03. The van der Waals surface area contributed by atoms with Crippen LogP contribution in [0.3, 0.4) is 0 Å². The molecule has 4 heteroatoms. The Balaban J connectivity index is 3.15. The molecule has 0 saturated heterocycles. The van der Waals surface area contributed by atoms with Gasteiger partial charge in [0.25, 0.3) is 0 Å². The third-order valence-electron chi connectivity index (χ3n) is 2.57. The number of rotatable bonds is 5. The number of hydrogen-bond acceptors (Lipinski definition) is 4. The summed E-state index contributed by atoms with van der Waals surface area (Å²) in [6.07, 6.45) is -0.508. The number of ether oxygens (including phenoxy) is 2. The molecule has 0 heterocycles. The van der Waals surface area contributed by atoms with Gasteiger partial charge in [-0.2, -0.15) is 0 Å². The Morgan fingerprint density at radius 3 is 2.38 bits per heavy atom. The lowest BCUT2D eigenvalue weighted by molar-refractivity contribution is 0.148. The van der Waals surface area contributed by atoms with Crippen LogP contribution in [-0.2, 0) is 0 Å². The molecule has 0 saturated carbocycles. The molecule has 2 atom stereocenters. The number of nitrogens with one attached hydrogen (secondary N) is 1. The molecule has 0 aromatic heterocycles. The standard InChI is InChI=1S/C12H19NO3/c1-8(14)12(13-2)10-7-9(15-3)5-6-11(10)16-4/h5-8,12-14H,1-4H3. The van der Waals surface area contributed by atoms with E-state index in [1.165, 1.54) is 0 Å². The summed E-state index contributed by atoms with van der Waals surface area (Å²) in [5.74, 6) is 1.48. The van der Waals surface area contributed by atoms with Gasteiger partial charge in [0.1, 0.15) is 11.5 Å². The van der Waals surface area contributed by atoms with Crippen LogP contribution in [0, 0.1) is 0 Å². The minimum absolute atomic E-state index is 0.176. The first-order valence-corrected chi connectivity index (χ1v) is 5.21. The molecule has 4 nitrogen and oxygen atoms in total. The van der Waals surface area contributed by atoms with Crippen molar-refractivity contribution in [1.82, 2.24) is 5.32 Å². The predicted molar refractivity (Wildman–Crippen MR) is 63.0 cm³/mol. The molecular weight excluding hydrogens is 206 g/mol. The highest BCUT2D eigenvalue weighted by molar-refractivity contribution is 5.42. The Morgan fingerprint density at radius 2 is 1.94 bits per heavy atom. The normalized spacial score (nSPS) is 14.3. The molecule has 0 fully saturated rings. The van der Waals surface area contributed by atoms with E-state index in [0.29, 0.717) is 0 Å². The maximum absolute atomic E-state index is 9.69. The minimum Gasteiger partial charge on any atom is -0.497 e. The minimum atomic E-state index is -0.508. The van der Waals surface area contributed by atoms with Gasteiger partial charge in [-0.3, -0.25) is 0 Å². The lowest BCUT2D eigenvalue weighted by Gasteiger charge is -2.22. The van der Waals surface area contributed by atoms with E-state index in [1.54, 1.807) is 28.2 Å². The zero-order chi connectivity index (χ0) is 12.1. The number of aliphatic hydroxyl groups excluding tert-OH is 1. The van der Waals surface area contributed by atoms with Crippen LogP contribution in [0.2, 0.25) is 0 Å². The van der Waals surface area contributed by atoms with Crippen molar-refractivity contribution in [2.24, 2.45) is 0 Å². The van der Waals surface area contributed by atoms with Gasteiger partial charge in [-0.05, 0) is 32.2 Å². The Bertz CT molecular complexity index is 339. The van der Waals surface area contributed by atoms with E-state index >= 15 is 0 Å². The first kappa shape index (κ1) is 12.8. The van der Waals surface area contributed by atoms with Crippen molar-refractivity contribution in [3.8, 4) is 11.5 Å². The average Bonchev–Trinajstić information content (AvgIpc) is 2.29. The monoisotopic (exact) mass is 225 g/mol. The third-order valence-corrected chi connectivity index (χ3v) is 2.57. The zero-order valence-electron chi connectivity index (χ0n) is 10.2. The second kappa shape index (κ2) is 5.72. The van der Waals surface area contributed by atoms with Crippen molar-refractivity contribution in [1.29, 1.82) is 0 Å². The number of aliphatic hydroxyl groups is 1.